The van der Waals surface area contributed by atoms with Crippen LogP contribution in [0, 0.1) is 17.2 Å². The van der Waals surface area contributed by atoms with Gasteiger partial charge in [-0.2, -0.15) is 5.26 Å². The van der Waals surface area contributed by atoms with Gasteiger partial charge in [-0.15, -0.1) is 0 Å². The molecule has 0 aliphatic carbocycles. The number of nitriles is 1. The first-order valence-electron chi connectivity index (χ1n) is 7.78. The van der Waals surface area contributed by atoms with Crippen molar-refractivity contribution in [3.05, 3.63) is 66.1 Å². The number of nitrogens with one attached hydrogen (secondary N) is 1. The van der Waals surface area contributed by atoms with Crippen molar-refractivity contribution in [1.82, 2.24) is 9.97 Å². The number of para-hydroxylation sites is 1. The van der Waals surface area contributed by atoms with Crippen molar-refractivity contribution in [1.29, 1.82) is 5.26 Å². The number of esters is 1. The fourth-order valence-electron chi connectivity index (χ4n) is 2.96. The first-order chi connectivity index (χ1) is 11.8. The second kappa shape index (κ2) is 6.97. The van der Waals surface area contributed by atoms with Crippen LogP contribution in [0.5, 0.6) is 0 Å². The highest BCUT2D eigenvalue weighted by Gasteiger charge is 2.34. The summed E-state index contributed by atoms with van der Waals surface area (Å²) in [5, 5.41) is 10.6. The topological polar surface area (TPSA) is 78.8 Å². The largest absolute Gasteiger partial charge is 0.465 e. The zero-order valence-electron chi connectivity index (χ0n) is 13.3. The summed E-state index contributed by atoms with van der Waals surface area (Å²) >= 11 is 0. The summed E-state index contributed by atoms with van der Waals surface area (Å²) in [6, 6.07) is 13.6. The molecule has 0 aliphatic heterocycles. The lowest BCUT2D eigenvalue weighted by Crippen LogP contribution is -2.24. The maximum absolute atomic E-state index is 12.3. The molecule has 3 aromatic rings. The molecule has 0 radical (unpaired) electrons. The molecule has 5 heteroatoms. The van der Waals surface area contributed by atoms with Gasteiger partial charge in [0.05, 0.1) is 12.7 Å². The van der Waals surface area contributed by atoms with Crippen LogP contribution in [-0.4, -0.2) is 22.5 Å². The molecule has 0 bridgehead atoms. The smallest absolute Gasteiger partial charge is 0.324 e. The minimum absolute atomic E-state index is 0.241. The van der Waals surface area contributed by atoms with Gasteiger partial charge in [0.25, 0.3) is 0 Å². The SMILES string of the molecule is CCOC(=O)C(C#N)C(c1cccnc1)c1c[nH]c2ccccc12. The molecular weight excluding hydrogens is 302 g/mol. The van der Waals surface area contributed by atoms with E-state index in [4.69, 9.17) is 4.74 Å². The van der Waals surface area contributed by atoms with E-state index in [2.05, 4.69) is 16.0 Å². The van der Waals surface area contributed by atoms with Crippen LogP contribution in [0.2, 0.25) is 0 Å². The molecule has 0 saturated carbocycles. The van der Waals surface area contributed by atoms with Crippen LogP contribution in [0.3, 0.4) is 0 Å². The number of fused-ring (bicyclic) bond motifs is 1. The summed E-state index contributed by atoms with van der Waals surface area (Å²) in [5.74, 6) is -1.90. The molecule has 24 heavy (non-hydrogen) atoms. The third kappa shape index (κ3) is 2.86. The van der Waals surface area contributed by atoms with Crippen LogP contribution < -0.4 is 0 Å². The molecule has 1 N–H and O–H groups in total. The molecule has 0 aliphatic rings. The van der Waals surface area contributed by atoms with Gasteiger partial charge in [0.1, 0.15) is 0 Å². The molecule has 120 valence electrons. The number of benzene rings is 1. The first kappa shape index (κ1) is 15.8. The number of hydrogen-bond acceptors (Lipinski definition) is 4. The van der Waals surface area contributed by atoms with Crippen molar-refractivity contribution in [3.63, 3.8) is 0 Å². The second-order valence-electron chi connectivity index (χ2n) is 5.41. The third-order valence-electron chi connectivity index (χ3n) is 4.01. The Morgan fingerprint density at radius 3 is 2.88 bits per heavy atom. The van der Waals surface area contributed by atoms with E-state index in [1.54, 1.807) is 25.4 Å². The van der Waals surface area contributed by atoms with Crippen LogP contribution in [0.4, 0.5) is 0 Å². The third-order valence-corrected chi connectivity index (χ3v) is 4.01. The monoisotopic (exact) mass is 319 g/mol. The van der Waals surface area contributed by atoms with Gasteiger partial charge in [0.15, 0.2) is 5.92 Å². The van der Waals surface area contributed by atoms with Crippen LogP contribution in [0.25, 0.3) is 10.9 Å². The van der Waals surface area contributed by atoms with E-state index >= 15 is 0 Å². The molecule has 0 amide bonds. The standard InChI is InChI=1S/C19H17N3O2/c1-2-24-19(23)15(10-20)18(13-6-5-9-21-11-13)16-12-22-17-8-4-3-7-14(16)17/h3-9,11-12,15,18,22H,2H2,1H3. The molecular formula is C19H17N3O2. The Morgan fingerprint density at radius 2 is 2.17 bits per heavy atom. The Labute approximate surface area is 139 Å². The van der Waals surface area contributed by atoms with Gasteiger partial charge in [-0.05, 0) is 30.2 Å². The van der Waals surface area contributed by atoms with E-state index in [1.165, 1.54) is 0 Å². The predicted molar refractivity (Wildman–Crippen MR) is 90.1 cm³/mol. The number of rotatable bonds is 5. The van der Waals surface area contributed by atoms with Crippen LogP contribution >= 0.6 is 0 Å². The number of aromatic nitrogens is 2. The zero-order valence-corrected chi connectivity index (χ0v) is 13.3. The average Bonchev–Trinajstić information content (AvgIpc) is 3.04. The van der Waals surface area contributed by atoms with E-state index in [0.717, 1.165) is 22.0 Å². The molecule has 2 heterocycles. The summed E-state index contributed by atoms with van der Waals surface area (Å²) in [6.45, 7) is 1.97. The van der Waals surface area contributed by atoms with Crippen LogP contribution in [-0.2, 0) is 9.53 Å². The fraction of sp³-hybridized carbons (Fsp3) is 0.211. The Morgan fingerprint density at radius 1 is 1.33 bits per heavy atom. The highest BCUT2D eigenvalue weighted by Crippen LogP contribution is 2.36. The lowest BCUT2D eigenvalue weighted by Gasteiger charge is -2.20. The van der Waals surface area contributed by atoms with Gasteiger partial charge in [-0.25, -0.2) is 0 Å². The first-order valence-corrected chi connectivity index (χ1v) is 7.78. The summed E-state index contributed by atoms with van der Waals surface area (Å²) in [6.07, 6.45) is 5.21. The number of hydrogen-bond donors (Lipinski definition) is 1. The highest BCUT2D eigenvalue weighted by atomic mass is 16.5. The fourth-order valence-corrected chi connectivity index (χ4v) is 2.96. The molecule has 0 fully saturated rings. The number of pyridine rings is 1. The Balaban J connectivity index is 2.16. The average molecular weight is 319 g/mol. The Kier molecular flexibility index (Phi) is 4.57. The molecule has 0 saturated heterocycles. The summed E-state index contributed by atoms with van der Waals surface area (Å²) < 4.78 is 5.12. The summed E-state index contributed by atoms with van der Waals surface area (Å²) in [5.41, 5.74) is 2.65. The quantitative estimate of drug-likeness (QED) is 0.731. The van der Waals surface area contributed by atoms with E-state index in [-0.39, 0.29) is 6.61 Å². The van der Waals surface area contributed by atoms with E-state index in [9.17, 15) is 10.1 Å². The van der Waals surface area contributed by atoms with Gasteiger partial charge in [-0.1, -0.05) is 24.3 Å². The number of carbonyl (C=O) groups is 1. The minimum Gasteiger partial charge on any atom is -0.465 e. The van der Waals surface area contributed by atoms with Gasteiger partial charge >= 0.3 is 5.97 Å². The van der Waals surface area contributed by atoms with Crippen molar-refractivity contribution >= 4 is 16.9 Å². The van der Waals surface area contributed by atoms with Gasteiger partial charge in [0.2, 0.25) is 0 Å². The molecule has 2 unspecified atom stereocenters. The molecule has 5 nitrogen and oxygen atoms in total. The molecule has 2 atom stereocenters. The van der Waals surface area contributed by atoms with Crippen LogP contribution in [0.1, 0.15) is 24.0 Å². The van der Waals surface area contributed by atoms with Crippen molar-refractivity contribution in [3.8, 4) is 6.07 Å². The van der Waals surface area contributed by atoms with Crippen molar-refractivity contribution in [2.75, 3.05) is 6.61 Å². The molecule has 3 rings (SSSR count). The minimum atomic E-state index is -0.937. The second-order valence-corrected chi connectivity index (χ2v) is 5.41. The highest BCUT2D eigenvalue weighted by molar-refractivity contribution is 5.86. The van der Waals surface area contributed by atoms with Gasteiger partial charge in [0, 0.05) is 35.4 Å². The lowest BCUT2D eigenvalue weighted by atomic mass is 9.82. The van der Waals surface area contributed by atoms with Gasteiger partial charge < -0.3 is 9.72 Å². The maximum Gasteiger partial charge on any atom is 0.324 e. The van der Waals surface area contributed by atoms with E-state index in [1.807, 2.05) is 36.5 Å². The van der Waals surface area contributed by atoms with E-state index < -0.39 is 17.8 Å². The Hall–Kier alpha value is -3.13. The van der Waals surface area contributed by atoms with E-state index in [0.29, 0.717) is 0 Å². The number of H-pyrrole nitrogens is 1. The molecule has 1 aromatic carbocycles. The normalized spacial score (nSPS) is 13.2. The van der Waals surface area contributed by atoms with Gasteiger partial charge in [-0.3, -0.25) is 9.78 Å². The summed E-state index contributed by atoms with van der Waals surface area (Å²) in [7, 11) is 0. The lowest BCUT2D eigenvalue weighted by molar-refractivity contribution is -0.146. The zero-order chi connectivity index (χ0) is 16.9. The number of aromatic amines is 1. The maximum atomic E-state index is 12.3. The molecule has 0 spiro atoms. The van der Waals surface area contributed by atoms with Crippen molar-refractivity contribution < 1.29 is 9.53 Å². The van der Waals surface area contributed by atoms with Crippen molar-refractivity contribution in [2.24, 2.45) is 5.92 Å². The number of carbonyl (C=O) groups excluding carboxylic acids is 1. The number of nitrogens with zero attached hydrogens (tertiary/aromatic N) is 2. The molecule has 2 aromatic heterocycles. The predicted octanol–water partition coefficient (Wildman–Crippen LogP) is 3.40. The number of ether oxygens (including phenoxy) is 1. The Bertz CT molecular complexity index is 880. The van der Waals surface area contributed by atoms with Crippen molar-refractivity contribution in [2.45, 2.75) is 12.8 Å². The van der Waals surface area contributed by atoms with Crippen LogP contribution in [0.15, 0.2) is 55.0 Å². The summed E-state index contributed by atoms with van der Waals surface area (Å²) in [4.78, 5) is 19.7.